The van der Waals surface area contributed by atoms with Crippen LogP contribution in [0.4, 0.5) is 11.4 Å². The number of hydrogen-bond acceptors (Lipinski definition) is 1. The molecule has 5 rings (SSSR count). The van der Waals surface area contributed by atoms with Crippen molar-refractivity contribution < 1.29 is 25.8 Å². The number of para-hydroxylation sites is 1. The van der Waals surface area contributed by atoms with Crippen LogP contribution in [-0.2, 0) is 25.8 Å². The minimum atomic E-state index is 0. The first-order chi connectivity index (χ1) is 22.2. The molecule has 0 aliphatic rings. The summed E-state index contributed by atoms with van der Waals surface area (Å²) >= 11 is 0. The van der Waals surface area contributed by atoms with E-state index in [4.69, 9.17) is 10.3 Å². The van der Waals surface area contributed by atoms with Crippen molar-refractivity contribution in [3.63, 3.8) is 0 Å². The molecule has 0 saturated heterocycles. The molecule has 0 radical (unpaired) electrons. The number of unbranched alkanes of at least 4 members (excludes halogenated alkanes) is 1. The topological polar surface area (TPSA) is 26.5 Å². The summed E-state index contributed by atoms with van der Waals surface area (Å²) in [5.74, 6) is 0.880. The molecule has 0 N–H and O–H groups in total. The van der Waals surface area contributed by atoms with Crippen molar-refractivity contribution in [1.82, 2.24) is 0 Å². The van der Waals surface area contributed by atoms with Crippen LogP contribution in [-0.4, -0.2) is 6.54 Å². The third kappa shape index (κ3) is 17.0. The van der Waals surface area contributed by atoms with E-state index in [1.165, 1.54) is 11.1 Å². The Morgan fingerprint density at radius 3 is 1.26 bits per heavy atom. The molecule has 0 spiro atoms. The van der Waals surface area contributed by atoms with Crippen molar-refractivity contribution in [2.45, 2.75) is 59.3 Å². The predicted molar refractivity (Wildman–Crippen MR) is 202 cm³/mol. The van der Waals surface area contributed by atoms with Crippen LogP contribution in [0.2, 0.25) is 0 Å². The SMILES string of the molecule is CCCCN=c1cccccc1[N-]c1c(C(C)C)cccc1C(C)C.[CH2-]c1ccccc1.[CH2-]c1ccccc1.[CH2-]c1ccccc1.[Hf+4]. The zero-order valence-corrected chi connectivity index (χ0v) is 32.7. The van der Waals surface area contributed by atoms with E-state index in [1.54, 1.807) is 0 Å². The average Bonchev–Trinajstić information content (AvgIpc) is 3.28. The monoisotopic (exact) mass is 788 g/mol. The van der Waals surface area contributed by atoms with Gasteiger partial charge in [-0.1, -0.05) is 113 Å². The van der Waals surface area contributed by atoms with E-state index >= 15 is 0 Å². The maximum atomic E-state index is 5.11. The third-order valence-corrected chi connectivity index (χ3v) is 6.89. The van der Waals surface area contributed by atoms with E-state index in [2.05, 4.69) is 85.7 Å². The van der Waals surface area contributed by atoms with E-state index < -0.39 is 0 Å². The van der Waals surface area contributed by atoms with Crippen molar-refractivity contribution >= 4 is 11.4 Å². The van der Waals surface area contributed by atoms with Gasteiger partial charge in [0.1, 0.15) is 0 Å². The van der Waals surface area contributed by atoms with Gasteiger partial charge in [-0.15, -0.1) is 47.8 Å². The smallest absolute Gasteiger partial charge is 0.656 e. The summed E-state index contributed by atoms with van der Waals surface area (Å²) in [6, 6.07) is 46.5. The van der Waals surface area contributed by atoms with Crippen LogP contribution in [0.15, 0.2) is 145 Å². The van der Waals surface area contributed by atoms with E-state index in [9.17, 15) is 0 Å². The minimum absolute atomic E-state index is 0. The Hall–Kier alpha value is -3.95. The van der Waals surface area contributed by atoms with Gasteiger partial charge in [-0.2, -0.15) is 73.9 Å². The van der Waals surface area contributed by atoms with Gasteiger partial charge >= 0.3 is 25.8 Å². The second-order valence-corrected chi connectivity index (χ2v) is 11.6. The average molecular weight is 787 g/mol. The van der Waals surface area contributed by atoms with Crippen molar-refractivity contribution in [2.24, 2.45) is 4.99 Å². The molecule has 0 aromatic heterocycles. The second-order valence-electron chi connectivity index (χ2n) is 11.6. The molecule has 2 nitrogen and oxygen atoms in total. The van der Waals surface area contributed by atoms with Gasteiger partial charge in [0.25, 0.3) is 0 Å². The first kappa shape index (κ1) is 41.1. The Morgan fingerprint density at radius 1 is 0.532 bits per heavy atom. The minimum Gasteiger partial charge on any atom is -0.656 e. The van der Waals surface area contributed by atoms with Crippen LogP contribution in [0, 0.1) is 20.8 Å². The van der Waals surface area contributed by atoms with Gasteiger partial charge in [-0.25, -0.2) is 0 Å². The van der Waals surface area contributed by atoms with Crippen LogP contribution in [0.25, 0.3) is 5.32 Å². The predicted octanol–water partition coefficient (Wildman–Crippen LogP) is 12.6. The fourth-order valence-corrected chi connectivity index (χ4v) is 4.31. The molecule has 0 aliphatic heterocycles. The molecule has 5 aromatic rings. The van der Waals surface area contributed by atoms with Gasteiger partial charge in [0.2, 0.25) is 0 Å². The maximum Gasteiger partial charge on any atom is 4.00 e. The molecule has 242 valence electrons. The van der Waals surface area contributed by atoms with Crippen molar-refractivity contribution in [3.8, 4) is 0 Å². The summed E-state index contributed by atoms with van der Waals surface area (Å²) in [7, 11) is 0. The molecule has 0 amide bonds. The van der Waals surface area contributed by atoms with E-state index in [-0.39, 0.29) is 25.8 Å². The first-order valence-corrected chi connectivity index (χ1v) is 16.3. The molecule has 0 fully saturated rings. The van der Waals surface area contributed by atoms with Gasteiger partial charge in [0, 0.05) is 11.9 Å². The van der Waals surface area contributed by atoms with E-state index in [0.29, 0.717) is 11.8 Å². The van der Waals surface area contributed by atoms with Gasteiger partial charge in [0.05, 0.1) is 0 Å². The Bertz CT molecular complexity index is 1450. The molecule has 0 saturated carbocycles. The van der Waals surface area contributed by atoms with Crippen LogP contribution in [0.1, 0.15) is 87.1 Å². The molecule has 0 bridgehead atoms. The summed E-state index contributed by atoms with van der Waals surface area (Å²) in [6.45, 7) is 23.1. The van der Waals surface area contributed by atoms with Crippen LogP contribution < -0.4 is 5.36 Å². The zero-order valence-electron chi connectivity index (χ0n) is 29.1. The molecule has 0 heterocycles. The number of hydrogen-bond donors (Lipinski definition) is 0. The summed E-state index contributed by atoms with van der Waals surface area (Å²) in [5, 5.41) is 6.09. The van der Waals surface area contributed by atoms with E-state index in [1.807, 2.05) is 109 Å². The van der Waals surface area contributed by atoms with Crippen molar-refractivity contribution in [2.75, 3.05) is 6.54 Å². The van der Waals surface area contributed by atoms with Crippen molar-refractivity contribution in [3.05, 3.63) is 199 Å². The van der Waals surface area contributed by atoms with Gasteiger partial charge in [-0.05, 0) is 24.3 Å². The number of nitrogens with zero attached hydrogens (tertiary/aromatic N) is 2. The molecule has 0 unspecified atom stereocenters. The van der Waals surface area contributed by atoms with Gasteiger partial charge in [0.15, 0.2) is 0 Å². The normalized spacial score (nSPS) is 10.2. The molecular formula is C44H52HfN2. The Kier molecular flexibility index (Phi) is 21.2. The van der Waals surface area contributed by atoms with Gasteiger partial charge in [-0.3, -0.25) is 4.99 Å². The maximum absolute atomic E-state index is 5.11. The van der Waals surface area contributed by atoms with Gasteiger partial charge < -0.3 is 5.32 Å². The molecule has 3 heteroatoms. The number of benzene rings is 4. The largest absolute Gasteiger partial charge is 4.00 e. The molecule has 5 aromatic carbocycles. The molecular weight excluding hydrogens is 735 g/mol. The summed E-state index contributed by atoms with van der Waals surface area (Å²) < 4.78 is 0. The fourth-order valence-electron chi connectivity index (χ4n) is 4.31. The Balaban J connectivity index is 0.000000401. The van der Waals surface area contributed by atoms with Crippen LogP contribution in [0.5, 0.6) is 0 Å². The van der Waals surface area contributed by atoms with Crippen LogP contribution >= 0.6 is 0 Å². The number of rotatable bonds is 7. The third-order valence-electron chi connectivity index (χ3n) is 6.89. The Labute approximate surface area is 305 Å². The standard InChI is InChI=1S/C23H31N2.3C7H7.Hf/c1-6-7-16-24-21-14-9-8-10-15-22(21)25-23-19(17(2)3)12-11-13-20(23)18(4)5;3*1-7-5-3-2-4-6-7;/h8-15,17-18H,6-7,16H2,1-5H3;3*2-6H,1H2;/q4*-1;+4. The Morgan fingerprint density at radius 2 is 0.915 bits per heavy atom. The molecule has 0 aliphatic carbocycles. The summed E-state index contributed by atoms with van der Waals surface area (Å²) in [5.41, 5.74) is 7.89. The zero-order chi connectivity index (χ0) is 33.6. The van der Waals surface area contributed by atoms with E-state index in [0.717, 1.165) is 52.8 Å². The van der Waals surface area contributed by atoms with Crippen LogP contribution in [0.3, 0.4) is 0 Å². The summed E-state index contributed by atoms with van der Waals surface area (Å²) in [4.78, 5) is 4.79. The first-order valence-electron chi connectivity index (χ1n) is 16.3. The molecule has 47 heavy (non-hydrogen) atoms. The fraction of sp³-hybridized carbons (Fsp3) is 0.227. The summed E-state index contributed by atoms with van der Waals surface area (Å²) in [6.07, 6.45) is 2.26. The second kappa shape index (κ2) is 24.3. The molecule has 0 atom stereocenters. The van der Waals surface area contributed by atoms with Crippen molar-refractivity contribution in [1.29, 1.82) is 0 Å². The quantitative estimate of drug-likeness (QED) is 0.0892.